The second kappa shape index (κ2) is 7.89. The molecular weight excluding hydrogens is 350 g/mol. The van der Waals surface area contributed by atoms with Gasteiger partial charge >= 0.3 is 0 Å². The number of fused-ring (bicyclic) bond motifs is 2. The van der Waals surface area contributed by atoms with Gasteiger partial charge in [0.2, 0.25) is 0 Å². The topological polar surface area (TPSA) is 27.3 Å². The summed E-state index contributed by atoms with van der Waals surface area (Å²) in [5.41, 5.74) is 3.44. The lowest BCUT2D eigenvalue weighted by Gasteiger charge is -2.29. The first-order valence-electron chi connectivity index (χ1n) is 10.1. The van der Waals surface area contributed by atoms with E-state index in [1.807, 2.05) is 0 Å². The summed E-state index contributed by atoms with van der Waals surface area (Å²) in [7, 11) is 0. The van der Waals surface area contributed by atoms with Crippen LogP contribution in [0.3, 0.4) is 0 Å². The molecule has 2 N–H and O–H groups in total. The molecule has 2 aromatic rings. The average Bonchev–Trinajstić information content (AvgIpc) is 3.27. The standard InChI is InChI=1S/C23H29N3S/c1-16(2)26(20-6-4-3-5-7-20)21-12-10-19(11-13-21)24-23(27)25-22-15-17-8-9-18(22)14-17/h3-7,10-13,16-18,22H,8-9,14-15H2,1-2H3,(H2,24,25,27)/t17-,18-,22+/m0/s1. The monoisotopic (exact) mass is 379 g/mol. The van der Waals surface area contributed by atoms with Crippen molar-refractivity contribution in [1.82, 2.24) is 5.32 Å². The molecule has 3 nitrogen and oxygen atoms in total. The lowest BCUT2D eigenvalue weighted by atomic mass is 9.96. The van der Waals surface area contributed by atoms with Gasteiger partial charge in [0, 0.05) is 29.1 Å². The van der Waals surface area contributed by atoms with Gasteiger partial charge in [-0.2, -0.15) is 0 Å². The summed E-state index contributed by atoms with van der Waals surface area (Å²) in [5.74, 6) is 1.75. The van der Waals surface area contributed by atoms with Crippen molar-refractivity contribution in [2.24, 2.45) is 11.8 Å². The SMILES string of the molecule is CC(C)N(c1ccccc1)c1ccc(NC(=S)N[C@@H]2C[C@H]3CC[C@H]2C3)cc1. The van der Waals surface area contributed by atoms with E-state index in [4.69, 9.17) is 12.2 Å². The lowest BCUT2D eigenvalue weighted by Crippen LogP contribution is -2.40. The number of hydrogen-bond donors (Lipinski definition) is 2. The number of thiocarbonyl (C=S) groups is 1. The van der Waals surface area contributed by atoms with Crippen molar-refractivity contribution in [2.75, 3.05) is 10.2 Å². The van der Waals surface area contributed by atoms with Crippen LogP contribution >= 0.6 is 12.2 Å². The van der Waals surface area contributed by atoms with Crippen LogP contribution in [0.2, 0.25) is 0 Å². The van der Waals surface area contributed by atoms with E-state index in [1.165, 1.54) is 37.1 Å². The second-order valence-corrected chi connectivity index (χ2v) is 8.63. The van der Waals surface area contributed by atoms with E-state index in [0.717, 1.165) is 22.6 Å². The first kappa shape index (κ1) is 18.3. The molecule has 4 heteroatoms. The van der Waals surface area contributed by atoms with Crippen molar-refractivity contribution in [3.8, 4) is 0 Å². The van der Waals surface area contributed by atoms with Gasteiger partial charge in [-0.1, -0.05) is 24.6 Å². The Kier molecular flexibility index (Phi) is 5.35. The van der Waals surface area contributed by atoms with E-state index in [-0.39, 0.29) is 0 Å². The summed E-state index contributed by atoms with van der Waals surface area (Å²) in [6.07, 6.45) is 5.45. The van der Waals surface area contributed by atoms with Gasteiger partial charge < -0.3 is 15.5 Å². The third kappa shape index (κ3) is 4.11. The van der Waals surface area contributed by atoms with Crippen LogP contribution < -0.4 is 15.5 Å². The average molecular weight is 380 g/mol. The Hall–Kier alpha value is -2.07. The number of benzene rings is 2. The molecule has 2 aromatic carbocycles. The minimum atomic E-state index is 0.381. The fourth-order valence-electron chi connectivity index (χ4n) is 4.80. The van der Waals surface area contributed by atoms with E-state index in [0.29, 0.717) is 12.1 Å². The molecule has 0 unspecified atom stereocenters. The van der Waals surface area contributed by atoms with Crippen molar-refractivity contribution in [1.29, 1.82) is 0 Å². The highest BCUT2D eigenvalue weighted by Gasteiger charge is 2.39. The molecule has 142 valence electrons. The molecule has 0 amide bonds. The highest BCUT2D eigenvalue weighted by atomic mass is 32.1. The maximum absolute atomic E-state index is 5.56. The Morgan fingerprint density at radius 3 is 2.26 bits per heavy atom. The van der Waals surface area contributed by atoms with Crippen LogP contribution in [0.4, 0.5) is 17.1 Å². The number of rotatable bonds is 5. The normalized spacial score (nSPS) is 23.4. The Bertz CT molecular complexity index is 772. The Balaban J connectivity index is 1.40. The Labute approximate surface area is 168 Å². The van der Waals surface area contributed by atoms with E-state index >= 15 is 0 Å². The quantitative estimate of drug-likeness (QED) is 0.651. The van der Waals surface area contributed by atoms with Gasteiger partial charge in [0.1, 0.15) is 0 Å². The number of anilines is 3. The number of nitrogens with one attached hydrogen (secondary N) is 2. The van der Waals surface area contributed by atoms with Crippen LogP contribution in [0, 0.1) is 11.8 Å². The van der Waals surface area contributed by atoms with Gasteiger partial charge in [-0.3, -0.25) is 0 Å². The van der Waals surface area contributed by atoms with Gasteiger partial charge in [-0.05, 0) is 93.6 Å². The number of para-hydroxylation sites is 1. The molecule has 0 saturated heterocycles. The summed E-state index contributed by atoms with van der Waals surface area (Å²) in [5, 5.41) is 7.67. The lowest BCUT2D eigenvalue weighted by molar-refractivity contribution is 0.392. The molecular formula is C23H29N3S. The van der Waals surface area contributed by atoms with Crippen LogP contribution in [-0.2, 0) is 0 Å². The van der Waals surface area contributed by atoms with E-state index in [1.54, 1.807) is 0 Å². The minimum absolute atomic E-state index is 0.381. The zero-order valence-electron chi connectivity index (χ0n) is 16.2. The third-order valence-electron chi connectivity index (χ3n) is 6.01. The molecule has 0 heterocycles. The zero-order chi connectivity index (χ0) is 18.8. The number of hydrogen-bond acceptors (Lipinski definition) is 2. The molecule has 0 aromatic heterocycles. The molecule has 0 spiro atoms. The summed E-state index contributed by atoms with van der Waals surface area (Å²) < 4.78 is 0. The summed E-state index contributed by atoms with van der Waals surface area (Å²) in [6, 6.07) is 20.0. The van der Waals surface area contributed by atoms with Gasteiger partial charge in [0.25, 0.3) is 0 Å². The molecule has 0 radical (unpaired) electrons. The predicted octanol–water partition coefficient (Wildman–Crippen LogP) is 5.71. The van der Waals surface area contributed by atoms with Crippen LogP contribution in [0.15, 0.2) is 54.6 Å². The highest BCUT2D eigenvalue weighted by molar-refractivity contribution is 7.80. The van der Waals surface area contributed by atoms with Crippen molar-refractivity contribution >= 4 is 34.4 Å². The van der Waals surface area contributed by atoms with Gasteiger partial charge in [-0.15, -0.1) is 0 Å². The van der Waals surface area contributed by atoms with Crippen molar-refractivity contribution in [2.45, 2.75) is 51.6 Å². The maximum atomic E-state index is 5.56. The van der Waals surface area contributed by atoms with Gasteiger partial charge in [0.05, 0.1) is 0 Å². The highest BCUT2D eigenvalue weighted by Crippen LogP contribution is 2.44. The predicted molar refractivity (Wildman–Crippen MR) is 119 cm³/mol. The molecule has 2 bridgehead atoms. The van der Waals surface area contributed by atoms with Gasteiger partial charge in [0.15, 0.2) is 5.11 Å². The number of nitrogens with zero attached hydrogens (tertiary/aromatic N) is 1. The van der Waals surface area contributed by atoms with Crippen LogP contribution in [0.5, 0.6) is 0 Å². The third-order valence-corrected chi connectivity index (χ3v) is 6.23. The molecule has 2 saturated carbocycles. The van der Waals surface area contributed by atoms with Crippen LogP contribution in [-0.4, -0.2) is 17.2 Å². The first-order valence-corrected chi connectivity index (χ1v) is 10.5. The fourth-order valence-corrected chi connectivity index (χ4v) is 5.07. The summed E-state index contributed by atoms with van der Waals surface area (Å²) >= 11 is 5.56. The van der Waals surface area contributed by atoms with Crippen LogP contribution in [0.25, 0.3) is 0 Å². The van der Waals surface area contributed by atoms with E-state index in [9.17, 15) is 0 Å². The molecule has 2 aliphatic carbocycles. The smallest absolute Gasteiger partial charge is 0.171 e. The van der Waals surface area contributed by atoms with Crippen molar-refractivity contribution in [3.63, 3.8) is 0 Å². The summed E-state index contributed by atoms with van der Waals surface area (Å²) in [4.78, 5) is 2.34. The molecule has 4 rings (SSSR count). The zero-order valence-corrected chi connectivity index (χ0v) is 17.0. The van der Waals surface area contributed by atoms with Gasteiger partial charge in [-0.25, -0.2) is 0 Å². The molecule has 2 aliphatic rings. The van der Waals surface area contributed by atoms with Crippen molar-refractivity contribution in [3.05, 3.63) is 54.6 Å². The maximum Gasteiger partial charge on any atom is 0.171 e. The molecule has 27 heavy (non-hydrogen) atoms. The van der Waals surface area contributed by atoms with E-state index < -0.39 is 0 Å². The molecule has 0 aliphatic heterocycles. The second-order valence-electron chi connectivity index (χ2n) is 8.23. The Morgan fingerprint density at radius 2 is 1.67 bits per heavy atom. The van der Waals surface area contributed by atoms with Crippen LogP contribution in [0.1, 0.15) is 39.5 Å². The first-order chi connectivity index (χ1) is 13.1. The minimum Gasteiger partial charge on any atom is -0.359 e. The largest absolute Gasteiger partial charge is 0.359 e. The molecule has 2 fully saturated rings. The fraction of sp³-hybridized carbons (Fsp3) is 0.435. The Morgan fingerprint density at radius 1 is 0.963 bits per heavy atom. The summed E-state index contributed by atoms with van der Waals surface area (Å²) in [6.45, 7) is 4.43. The van der Waals surface area contributed by atoms with Crippen molar-refractivity contribution < 1.29 is 0 Å². The van der Waals surface area contributed by atoms with E-state index in [2.05, 4.69) is 84.0 Å². The molecule has 3 atom stereocenters.